The van der Waals surface area contributed by atoms with Gasteiger partial charge in [0.1, 0.15) is 11.6 Å². The van der Waals surface area contributed by atoms with Crippen LogP contribution in [0, 0.1) is 0 Å². The number of nitrogens with one attached hydrogen (secondary N) is 1. The van der Waals surface area contributed by atoms with Crippen LogP contribution in [-0.4, -0.2) is 47.0 Å². The molecule has 3 unspecified atom stereocenters. The fourth-order valence-electron chi connectivity index (χ4n) is 2.80. The van der Waals surface area contributed by atoms with Gasteiger partial charge in [-0.3, -0.25) is 9.59 Å². The fraction of sp³-hybridized carbons (Fsp3) is 0.857. The number of carbonyl (C=O) groups is 2. The fourth-order valence-corrected chi connectivity index (χ4v) is 2.80. The smallest absolute Gasteiger partial charge is 0.246 e. The maximum absolute atomic E-state index is 12.4. The second kappa shape index (κ2) is 5.12. The van der Waals surface area contributed by atoms with Crippen LogP contribution in [0.5, 0.6) is 0 Å². The van der Waals surface area contributed by atoms with Crippen molar-refractivity contribution in [2.75, 3.05) is 6.54 Å². The first-order valence-corrected chi connectivity index (χ1v) is 7.14. The van der Waals surface area contributed by atoms with E-state index in [-0.39, 0.29) is 30.1 Å². The van der Waals surface area contributed by atoms with E-state index in [4.69, 9.17) is 4.74 Å². The monoisotopic (exact) mass is 268 g/mol. The van der Waals surface area contributed by atoms with Gasteiger partial charge in [0.2, 0.25) is 11.8 Å². The average Bonchev–Trinajstić information content (AvgIpc) is 2.75. The summed E-state index contributed by atoms with van der Waals surface area (Å²) < 4.78 is 5.78. The van der Waals surface area contributed by atoms with Crippen LogP contribution in [-0.2, 0) is 14.3 Å². The van der Waals surface area contributed by atoms with Crippen LogP contribution in [0.3, 0.4) is 0 Å². The molecule has 2 fully saturated rings. The lowest BCUT2D eigenvalue weighted by Gasteiger charge is -2.45. The van der Waals surface area contributed by atoms with E-state index in [1.54, 1.807) is 18.7 Å². The molecule has 2 amide bonds. The lowest BCUT2D eigenvalue weighted by Crippen LogP contribution is -2.69. The summed E-state index contributed by atoms with van der Waals surface area (Å²) in [5, 5.41) is 2.80. The van der Waals surface area contributed by atoms with Crippen molar-refractivity contribution >= 4 is 11.8 Å². The van der Waals surface area contributed by atoms with Crippen molar-refractivity contribution < 1.29 is 14.3 Å². The molecule has 0 aromatic heterocycles. The van der Waals surface area contributed by atoms with Gasteiger partial charge in [0.05, 0.1) is 12.2 Å². The molecule has 0 saturated carbocycles. The van der Waals surface area contributed by atoms with Gasteiger partial charge in [-0.2, -0.15) is 0 Å². The SMILES string of the molecule is CCC1NC(=O)C(C)(C)N(CC2CCC(C)O2)C1=O. The lowest BCUT2D eigenvalue weighted by molar-refractivity contribution is -0.157. The van der Waals surface area contributed by atoms with Crippen LogP contribution in [0.1, 0.15) is 47.0 Å². The Balaban J connectivity index is 2.13. The van der Waals surface area contributed by atoms with Gasteiger partial charge < -0.3 is 15.0 Å². The standard InChI is InChI=1S/C14H24N2O3/c1-5-11-12(17)16(14(3,4)13(18)15-11)8-10-7-6-9(2)19-10/h9-11H,5-8H2,1-4H3,(H,15,18). The van der Waals surface area contributed by atoms with Gasteiger partial charge in [-0.05, 0) is 40.0 Å². The van der Waals surface area contributed by atoms with Gasteiger partial charge in [0, 0.05) is 6.54 Å². The molecule has 0 bridgehead atoms. The van der Waals surface area contributed by atoms with Gasteiger partial charge in [-0.15, -0.1) is 0 Å². The van der Waals surface area contributed by atoms with Crippen LogP contribution in [0.15, 0.2) is 0 Å². The number of rotatable bonds is 3. The Labute approximate surface area is 114 Å². The molecule has 0 radical (unpaired) electrons. The molecule has 1 N–H and O–H groups in total. The topological polar surface area (TPSA) is 58.6 Å². The highest BCUT2D eigenvalue weighted by Crippen LogP contribution is 2.26. The summed E-state index contributed by atoms with van der Waals surface area (Å²) in [6.45, 7) is 8.06. The minimum atomic E-state index is -0.794. The first-order valence-electron chi connectivity index (χ1n) is 7.14. The Morgan fingerprint density at radius 3 is 2.58 bits per heavy atom. The summed E-state index contributed by atoms with van der Waals surface area (Å²) in [5.74, 6) is -0.0692. The Hall–Kier alpha value is -1.10. The molecule has 108 valence electrons. The summed E-state index contributed by atoms with van der Waals surface area (Å²) in [5.41, 5.74) is -0.794. The van der Waals surface area contributed by atoms with Crippen molar-refractivity contribution in [1.29, 1.82) is 0 Å². The zero-order valence-corrected chi connectivity index (χ0v) is 12.2. The third-order valence-corrected chi connectivity index (χ3v) is 4.21. The molecule has 0 spiro atoms. The van der Waals surface area contributed by atoms with Crippen LogP contribution >= 0.6 is 0 Å². The van der Waals surface area contributed by atoms with Crippen molar-refractivity contribution in [2.45, 2.75) is 70.7 Å². The van der Waals surface area contributed by atoms with E-state index in [0.29, 0.717) is 13.0 Å². The summed E-state index contributed by atoms with van der Waals surface area (Å²) in [4.78, 5) is 26.3. The third-order valence-electron chi connectivity index (χ3n) is 4.21. The summed E-state index contributed by atoms with van der Waals surface area (Å²) in [6.07, 6.45) is 2.92. The number of piperazine rings is 1. The second-order valence-electron chi connectivity index (χ2n) is 6.09. The normalized spacial score (nSPS) is 34.5. The first-order chi connectivity index (χ1) is 8.86. The molecule has 5 heteroatoms. The minimum absolute atomic E-state index is 0.00949. The van der Waals surface area contributed by atoms with Crippen LogP contribution in [0.4, 0.5) is 0 Å². The molecule has 5 nitrogen and oxygen atoms in total. The van der Waals surface area contributed by atoms with Crippen LogP contribution in [0.2, 0.25) is 0 Å². The molecule has 3 atom stereocenters. The van der Waals surface area contributed by atoms with E-state index < -0.39 is 5.54 Å². The maximum Gasteiger partial charge on any atom is 0.246 e. The average molecular weight is 268 g/mol. The Morgan fingerprint density at radius 1 is 1.37 bits per heavy atom. The van der Waals surface area contributed by atoms with Crippen LogP contribution < -0.4 is 5.32 Å². The number of carbonyl (C=O) groups excluding carboxylic acids is 2. The molecule has 2 heterocycles. The highest BCUT2D eigenvalue weighted by Gasteiger charge is 2.46. The van der Waals surface area contributed by atoms with Gasteiger partial charge in [0.25, 0.3) is 0 Å². The van der Waals surface area contributed by atoms with Gasteiger partial charge in [0.15, 0.2) is 0 Å². The molecule has 0 aromatic rings. The minimum Gasteiger partial charge on any atom is -0.373 e. The van der Waals surface area contributed by atoms with Crippen LogP contribution in [0.25, 0.3) is 0 Å². The molecular weight excluding hydrogens is 244 g/mol. The number of amides is 2. The van der Waals surface area contributed by atoms with Gasteiger partial charge in [-0.1, -0.05) is 6.92 Å². The number of ether oxygens (including phenoxy) is 1. The maximum atomic E-state index is 12.4. The van der Waals surface area contributed by atoms with Crippen molar-refractivity contribution in [3.8, 4) is 0 Å². The molecule has 2 saturated heterocycles. The Bertz CT molecular complexity index is 381. The van der Waals surface area contributed by atoms with E-state index in [1.807, 2.05) is 13.8 Å². The predicted molar refractivity (Wildman–Crippen MR) is 71.6 cm³/mol. The van der Waals surface area contributed by atoms with Crippen molar-refractivity contribution in [1.82, 2.24) is 10.2 Å². The molecule has 19 heavy (non-hydrogen) atoms. The number of nitrogens with zero attached hydrogens (tertiary/aromatic N) is 1. The van der Waals surface area contributed by atoms with E-state index in [9.17, 15) is 9.59 Å². The lowest BCUT2D eigenvalue weighted by atomic mass is 9.94. The van der Waals surface area contributed by atoms with Crippen molar-refractivity contribution in [3.05, 3.63) is 0 Å². The van der Waals surface area contributed by atoms with Gasteiger partial charge in [-0.25, -0.2) is 0 Å². The summed E-state index contributed by atoms with van der Waals surface area (Å²) in [7, 11) is 0. The zero-order valence-electron chi connectivity index (χ0n) is 12.2. The number of hydrogen-bond acceptors (Lipinski definition) is 3. The van der Waals surface area contributed by atoms with Gasteiger partial charge >= 0.3 is 0 Å². The third kappa shape index (κ3) is 2.61. The Kier molecular flexibility index (Phi) is 3.85. The quantitative estimate of drug-likeness (QED) is 0.833. The molecule has 2 aliphatic heterocycles. The molecule has 2 rings (SSSR count). The van der Waals surface area contributed by atoms with E-state index in [1.165, 1.54) is 0 Å². The summed E-state index contributed by atoms with van der Waals surface area (Å²) >= 11 is 0. The number of hydrogen-bond donors (Lipinski definition) is 1. The molecule has 0 aliphatic carbocycles. The van der Waals surface area contributed by atoms with Crippen molar-refractivity contribution in [3.63, 3.8) is 0 Å². The van der Waals surface area contributed by atoms with Crippen molar-refractivity contribution in [2.24, 2.45) is 0 Å². The summed E-state index contributed by atoms with van der Waals surface area (Å²) in [6, 6.07) is -0.389. The first kappa shape index (κ1) is 14.3. The Morgan fingerprint density at radius 2 is 2.05 bits per heavy atom. The largest absolute Gasteiger partial charge is 0.373 e. The predicted octanol–water partition coefficient (Wildman–Crippen LogP) is 1.07. The zero-order chi connectivity index (χ0) is 14.2. The molecule has 0 aromatic carbocycles. The highest BCUT2D eigenvalue weighted by atomic mass is 16.5. The highest BCUT2D eigenvalue weighted by molar-refractivity contribution is 5.99. The van der Waals surface area contributed by atoms with E-state index >= 15 is 0 Å². The second-order valence-corrected chi connectivity index (χ2v) is 6.09. The van der Waals surface area contributed by atoms with E-state index in [2.05, 4.69) is 5.32 Å². The molecular formula is C14H24N2O3. The van der Waals surface area contributed by atoms with E-state index in [0.717, 1.165) is 12.8 Å². The molecule has 2 aliphatic rings.